The van der Waals surface area contributed by atoms with Crippen LogP contribution in [0.2, 0.25) is 0 Å². The zero-order chi connectivity index (χ0) is 10.4. The highest BCUT2D eigenvalue weighted by Gasteiger charge is 2.08. The molecular formula is C10H15NO3. The van der Waals surface area contributed by atoms with Gasteiger partial charge in [-0.05, 0) is 19.4 Å². The van der Waals surface area contributed by atoms with Crippen LogP contribution < -0.4 is 4.90 Å². The first-order valence-electron chi connectivity index (χ1n) is 4.72. The van der Waals surface area contributed by atoms with Crippen LogP contribution in [0.4, 0.5) is 5.88 Å². The van der Waals surface area contributed by atoms with Gasteiger partial charge in [0.05, 0.1) is 0 Å². The van der Waals surface area contributed by atoms with Gasteiger partial charge in [0.25, 0.3) is 0 Å². The maximum atomic E-state index is 10.4. The molecule has 0 amide bonds. The molecule has 1 aromatic rings. The third kappa shape index (κ3) is 2.60. The van der Waals surface area contributed by atoms with Crippen molar-refractivity contribution in [2.75, 3.05) is 24.6 Å². The van der Waals surface area contributed by atoms with Crippen molar-refractivity contribution in [3.05, 3.63) is 17.9 Å². The van der Waals surface area contributed by atoms with Crippen molar-refractivity contribution in [2.45, 2.75) is 13.3 Å². The normalized spacial score (nSPS) is 10.1. The minimum atomic E-state index is 0.164. The highest BCUT2D eigenvalue weighted by molar-refractivity contribution is 5.71. The summed E-state index contributed by atoms with van der Waals surface area (Å²) in [4.78, 5) is 12.4. The van der Waals surface area contributed by atoms with Crippen molar-refractivity contribution in [1.29, 1.82) is 0 Å². The topological polar surface area (TPSA) is 53.7 Å². The molecule has 14 heavy (non-hydrogen) atoms. The molecule has 0 unspecified atom stereocenters. The van der Waals surface area contributed by atoms with Crippen LogP contribution in [0.3, 0.4) is 0 Å². The number of hydrogen-bond donors (Lipinski definition) is 1. The van der Waals surface area contributed by atoms with Gasteiger partial charge >= 0.3 is 0 Å². The maximum absolute atomic E-state index is 10.4. The molecule has 0 aromatic carbocycles. The summed E-state index contributed by atoms with van der Waals surface area (Å²) >= 11 is 0. The standard InChI is InChI=1S/C10H15NO3/c1-2-11(6-3-7-12)10-5-4-9(8-13)14-10/h4-5,8,12H,2-3,6-7H2,1H3. The summed E-state index contributed by atoms with van der Waals surface area (Å²) in [6, 6.07) is 3.41. The van der Waals surface area contributed by atoms with Crippen molar-refractivity contribution in [3.8, 4) is 0 Å². The zero-order valence-corrected chi connectivity index (χ0v) is 8.27. The summed E-state index contributed by atoms with van der Waals surface area (Å²) in [5.74, 6) is 1.02. The number of aliphatic hydroxyl groups is 1. The van der Waals surface area contributed by atoms with Crippen molar-refractivity contribution in [3.63, 3.8) is 0 Å². The van der Waals surface area contributed by atoms with Gasteiger partial charge in [0.1, 0.15) is 0 Å². The van der Waals surface area contributed by atoms with E-state index in [1.165, 1.54) is 0 Å². The molecule has 1 rings (SSSR count). The number of furan rings is 1. The number of aldehydes is 1. The second kappa shape index (κ2) is 5.44. The first-order valence-corrected chi connectivity index (χ1v) is 4.72. The number of carbonyl (C=O) groups excluding carboxylic acids is 1. The van der Waals surface area contributed by atoms with Gasteiger partial charge in [0.15, 0.2) is 17.9 Å². The Kier molecular flexibility index (Phi) is 4.19. The van der Waals surface area contributed by atoms with Crippen LogP contribution in [0, 0.1) is 0 Å². The van der Waals surface area contributed by atoms with E-state index in [0.717, 1.165) is 13.1 Å². The van der Waals surface area contributed by atoms with Crippen molar-refractivity contribution < 1.29 is 14.3 Å². The van der Waals surface area contributed by atoms with Crippen LogP contribution in [0.1, 0.15) is 23.9 Å². The Morgan fingerprint density at radius 1 is 1.57 bits per heavy atom. The summed E-state index contributed by atoms with van der Waals surface area (Å²) in [7, 11) is 0. The number of nitrogens with zero attached hydrogens (tertiary/aromatic N) is 1. The zero-order valence-electron chi connectivity index (χ0n) is 8.27. The Hall–Kier alpha value is -1.29. The summed E-state index contributed by atoms with van der Waals surface area (Å²) < 4.78 is 5.26. The van der Waals surface area contributed by atoms with E-state index < -0.39 is 0 Å². The fourth-order valence-electron chi connectivity index (χ4n) is 1.26. The molecule has 0 aliphatic rings. The number of anilines is 1. The number of aliphatic hydroxyl groups excluding tert-OH is 1. The Morgan fingerprint density at radius 2 is 2.36 bits per heavy atom. The summed E-state index contributed by atoms with van der Waals surface area (Å²) in [5, 5.41) is 8.70. The minimum absolute atomic E-state index is 0.164. The van der Waals surface area contributed by atoms with Crippen LogP contribution in [0.15, 0.2) is 16.5 Å². The number of hydrogen-bond acceptors (Lipinski definition) is 4. The molecule has 4 heteroatoms. The monoisotopic (exact) mass is 197 g/mol. The van der Waals surface area contributed by atoms with Gasteiger partial charge in [-0.15, -0.1) is 0 Å². The van der Waals surface area contributed by atoms with E-state index in [2.05, 4.69) is 0 Å². The SMILES string of the molecule is CCN(CCCO)c1ccc(C=O)o1. The molecular weight excluding hydrogens is 182 g/mol. The fourth-order valence-corrected chi connectivity index (χ4v) is 1.26. The van der Waals surface area contributed by atoms with E-state index in [-0.39, 0.29) is 6.61 Å². The first kappa shape index (κ1) is 10.8. The molecule has 78 valence electrons. The quantitative estimate of drug-likeness (QED) is 0.698. The van der Waals surface area contributed by atoms with Gasteiger partial charge in [0, 0.05) is 25.8 Å². The molecule has 0 saturated carbocycles. The lowest BCUT2D eigenvalue weighted by atomic mass is 10.4. The second-order valence-electron chi connectivity index (χ2n) is 2.95. The Morgan fingerprint density at radius 3 is 2.86 bits per heavy atom. The molecule has 0 spiro atoms. The molecule has 4 nitrogen and oxygen atoms in total. The highest BCUT2D eigenvalue weighted by Crippen LogP contribution is 2.17. The average Bonchev–Trinajstić information content (AvgIpc) is 2.68. The van der Waals surface area contributed by atoms with Gasteiger partial charge in [-0.3, -0.25) is 4.79 Å². The third-order valence-corrected chi connectivity index (χ3v) is 2.01. The lowest BCUT2D eigenvalue weighted by Crippen LogP contribution is -2.23. The Bertz CT molecular complexity index is 283. The lowest BCUT2D eigenvalue weighted by molar-refractivity contribution is 0.110. The van der Waals surface area contributed by atoms with Crippen LogP contribution in [-0.4, -0.2) is 31.1 Å². The molecule has 1 N–H and O–H groups in total. The van der Waals surface area contributed by atoms with Crippen LogP contribution in [-0.2, 0) is 0 Å². The Labute approximate surface area is 83.1 Å². The minimum Gasteiger partial charge on any atom is -0.438 e. The molecule has 1 heterocycles. The van der Waals surface area contributed by atoms with Crippen LogP contribution in [0.25, 0.3) is 0 Å². The van der Waals surface area contributed by atoms with E-state index in [4.69, 9.17) is 9.52 Å². The van der Waals surface area contributed by atoms with E-state index >= 15 is 0 Å². The predicted octanol–water partition coefficient (Wildman–Crippen LogP) is 1.30. The molecule has 0 atom stereocenters. The van der Waals surface area contributed by atoms with E-state index in [1.807, 2.05) is 11.8 Å². The molecule has 0 aliphatic carbocycles. The van der Waals surface area contributed by atoms with Crippen LogP contribution in [0.5, 0.6) is 0 Å². The maximum Gasteiger partial charge on any atom is 0.196 e. The Balaban J connectivity index is 2.63. The molecule has 0 bridgehead atoms. The van der Waals surface area contributed by atoms with Gasteiger partial charge in [0.2, 0.25) is 0 Å². The molecule has 0 saturated heterocycles. The van der Waals surface area contributed by atoms with Crippen LogP contribution >= 0.6 is 0 Å². The van der Waals surface area contributed by atoms with Crippen molar-refractivity contribution in [1.82, 2.24) is 0 Å². The number of rotatable bonds is 6. The third-order valence-electron chi connectivity index (χ3n) is 2.01. The second-order valence-corrected chi connectivity index (χ2v) is 2.95. The first-order chi connectivity index (χ1) is 6.81. The van der Waals surface area contributed by atoms with Crippen molar-refractivity contribution in [2.24, 2.45) is 0 Å². The fraction of sp³-hybridized carbons (Fsp3) is 0.500. The summed E-state index contributed by atoms with van der Waals surface area (Å²) in [6.45, 7) is 3.70. The van der Waals surface area contributed by atoms with E-state index in [9.17, 15) is 4.79 Å². The highest BCUT2D eigenvalue weighted by atomic mass is 16.4. The summed E-state index contributed by atoms with van der Waals surface area (Å²) in [6.07, 6.45) is 1.38. The molecule has 0 aliphatic heterocycles. The smallest absolute Gasteiger partial charge is 0.196 e. The number of carbonyl (C=O) groups is 1. The van der Waals surface area contributed by atoms with E-state index in [1.54, 1.807) is 12.1 Å². The van der Waals surface area contributed by atoms with Gasteiger partial charge in [-0.25, -0.2) is 0 Å². The van der Waals surface area contributed by atoms with Gasteiger partial charge < -0.3 is 14.4 Å². The van der Waals surface area contributed by atoms with Crippen molar-refractivity contribution >= 4 is 12.2 Å². The van der Waals surface area contributed by atoms with Gasteiger partial charge in [-0.1, -0.05) is 0 Å². The average molecular weight is 197 g/mol. The molecule has 0 radical (unpaired) electrons. The summed E-state index contributed by atoms with van der Waals surface area (Å²) in [5.41, 5.74) is 0. The molecule has 1 aromatic heterocycles. The largest absolute Gasteiger partial charge is 0.438 e. The predicted molar refractivity (Wildman–Crippen MR) is 53.7 cm³/mol. The van der Waals surface area contributed by atoms with E-state index in [0.29, 0.717) is 24.4 Å². The van der Waals surface area contributed by atoms with Gasteiger partial charge in [-0.2, -0.15) is 0 Å². The molecule has 0 fully saturated rings. The lowest BCUT2D eigenvalue weighted by Gasteiger charge is -2.18.